The van der Waals surface area contributed by atoms with Crippen LogP contribution in [0.15, 0.2) is 58.0 Å². The Morgan fingerprint density at radius 3 is 2.50 bits per heavy atom. The van der Waals surface area contributed by atoms with Gasteiger partial charge in [0.2, 0.25) is 0 Å². The van der Waals surface area contributed by atoms with E-state index in [-0.39, 0.29) is 36.0 Å². The minimum Gasteiger partial charge on any atom is -0.414 e. The first kappa shape index (κ1) is 27.2. The molecule has 4 aromatic rings. The predicted octanol–water partition coefficient (Wildman–Crippen LogP) is 4.30. The average molecular weight is 518 g/mol. The van der Waals surface area contributed by atoms with Crippen LogP contribution in [0.4, 0.5) is 8.78 Å². The molecule has 0 amide bonds. The van der Waals surface area contributed by atoms with E-state index in [4.69, 9.17) is 4.42 Å². The van der Waals surface area contributed by atoms with Gasteiger partial charge in [-0.2, -0.15) is 0 Å². The smallest absolute Gasteiger partial charge is 0.268 e. The van der Waals surface area contributed by atoms with E-state index in [1.165, 1.54) is 6.07 Å². The number of nitrogens with zero attached hydrogens (tertiary/aromatic N) is 4. The Morgan fingerprint density at radius 1 is 1.11 bits per heavy atom. The maximum atomic E-state index is 14.7. The molecule has 0 bridgehead atoms. The van der Waals surface area contributed by atoms with E-state index in [1.54, 1.807) is 25.3 Å². The zero-order valence-electron chi connectivity index (χ0n) is 20.1. The van der Waals surface area contributed by atoms with Gasteiger partial charge in [0.1, 0.15) is 18.2 Å². The summed E-state index contributed by atoms with van der Waals surface area (Å²) in [6, 6.07) is 11.9. The third kappa shape index (κ3) is 6.04. The van der Waals surface area contributed by atoms with Gasteiger partial charge in [0.25, 0.3) is 11.8 Å². The third-order valence-electron chi connectivity index (χ3n) is 5.26. The minimum atomic E-state index is -1.08. The first-order valence-corrected chi connectivity index (χ1v) is 12.3. The molecule has 192 valence electrons. The summed E-state index contributed by atoms with van der Waals surface area (Å²) in [5.74, 6) is -0.375. The van der Waals surface area contributed by atoms with Crippen LogP contribution >= 0.6 is 0 Å². The van der Waals surface area contributed by atoms with Gasteiger partial charge in [0.15, 0.2) is 0 Å². The van der Waals surface area contributed by atoms with Gasteiger partial charge in [-0.3, -0.25) is 9.19 Å². The Bertz CT molecular complexity index is 1350. The minimum absolute atomic E-state index is 0. The summed E-state index contributed by atoms with van der Waals surface area (Å²) in [4.78, 5) is 9.79. The van der Waals surface area contributed by atoms with Crippen molar-refractivity contribution in [3.8, 4) is 34.3 Å². The first-order valence-electron chi connectivity index (χ1n) is 11.1. The summed E-state index contributed by atoms with van der Waals surface area (Å²) in [5.41, 5.74) is 3.19. The number of rotatable bonds is 9. The molecule has 0 fully saturated rings. The molecule has 0 saturated carbocycles. The molecule has 4 rings (SSSR count). The lowest BCUT2D eigenvalue weighted by Gasteiger charge is -2.08. The SMILES string of the molecule is Cc1ncc(-c2ccc(S(=O)C(C)C)cc2)nc1-c1nnc(-c2ccc(CNCCF)cc2F)o1.O.[HH]. The van der Waals surface area contributed by atoms with E-state index in [1.807, 2.05) is 38.1 Å². The number of alkyl halides is 1. The molecule has 11 heteroatoms. The molecule has 0 aliphatic rings. The number of halogens is 2. The van der Waals surface area contributed by atoms with Gasteiger partial charge in [-0.25, -0.2) is 13.8 Å². The average Bonchev–Trinajstić information content (AvgIpc) is 3.34. The zero-order chi connectivity index (χ0) is 24.9. The van der Waals surface area contributed by atoms with Crippen molar-refractivity contribution in [1.29, 1.82) is 0 Å². The summed E-state index contributed by atoms with van der Waals surface area (Å²) in [6.45, 7) is 5.66. The van der Waals surface area contributed by atoms with Crippen molar-refractivity contribution in [3.05, 3.63) is 65.7 Å². The van der Waals surface area contributed by atoms with Gasteiger partial charge in [-0.15, -0.1) is 10.2 Å². The Kier molecular flexibility index (Phi) is 9.08. The lowest BCUT2D eigenvalue weighted by molar-refractivity contribution is 0.466. The Morgan fingerprint density at radius 2 is 1.83 bits per heavy atom. The lowest BCUT2D eigenvalue weighted by Crippen LogP contribution is -2.16. The molecule has 0 radical (unpaired) electrons. The number of aromatic nitrogens is 4. The zero-order valence-corrected chi connectivity index (χ0v) is 20.9. The van der Waals surface area contributed by atoms with Gasteiger partial charge in [-0.05, 0) is 36.8 Å². The molecule has 36 heavy (non-hydrogen) atoms. The van der Waals surface area contributed by atoms with Crippen LogP contribution < -0.4 is 5.32 Å². The molecule has 0 aliphatic carbocycles. The molecule has 0 aliphatic heterocycles. The van der Waals surface area contributed by atoms with Crippen LogP contribution in [0.3, 0.4) is 0 Å². The van der Waals surface area contributed by atoms with Gasteiger partial charge >= 0.3 is 0 Å². The van der Waals surface area contributed by atoms with E-state index in [9.17, 15) is 13.0 Å². The highest BCUT2D eigenvalue weighted by Gasteiger charge is 2.18. The fraction of sp³-hybridized carbons (Fsp3) is 0.280. The maximum Gasteiger partial charge on any atom is 0.268 e. The fourth-order valence-corrected chi connectivity index (χ4v) is 4.34. The number of aryl methyl sites for hydroxylation is 1. The summed E-state index contributed by atoms with van der Waals surface area (Å²) in [6.07, 6.45) is 1.64. The fourth-order valence-electron chi connectivity index (χ4n) is 3.39. The molecule has 0 saturated heterocycles. The summed E-state index contributed by atoms with van der Waals surface area (Å²) in [5, 5.41) is 11.0. The van der Waals surface area contributed by atoms with Crippen LogP contribution in [0, 0.1) is 12.7 Å². The van der Waals surface area contributed by atoms with Crippen molar-refractivity contribution >= 4 is 10.8 Å². The second-order valence-electron chi connectivity index (χ2n) is 8.15. The Balaban J connectivity index is 0.00000241. The maximum absolute atomic E-state index is 14.7. The number of hydrogen-bond donors (Lipinski definition) is 1. The van der Waals surface area contributed by atoms with Crippen molar-refractivity contribution in [3.63, 3.8) is 0 Å². The van der Waals surface area contributed by atoms with E-state index in [0.29, 0.717) is 29.2 Å². The number of hydrogen-bond acceptors (Lipinski definition) is 7. The van der Waals surface area contributed by atoms with Gasteiger partial charge < -0.3 is 15.2 Å². The predicted molar refractivity (Wildman–Crippen MR) is 136 cm³/mol. The molecular weight excluding hydrogens is 488 g/mol. The first-order chi connectivity index (χ1) is 16.9. The highest BCUT2D eigenvalue weighted by Crippen LogP contribution is 2.28. The molecule has 3 N–H and O–H groups in total. The number of nitrogens with one attached hydrogen (secondary N) is 1. The Hall–Kier alpha value is -3.41. The Labute approximate surface area is 211 Å². The van der Waals surface area contributed by atoms with E-state index in [0.717, 1.165) is 10.5 Å². The van der Waals surface area contributed by atoms with Crippen LogP contribution in [0.2, 0.25) is 0 Å². The van der Waals surface area contributed by atoms with Crippen molar-refractivity contribution in [1.82, 2.24) is 25.5 Å². The molecule has 2 heterocycles. The van der Waals surface area contributed by atoms with Crippen LogP contribution in [-0.2, 0) is 17.3 Å². The molecular formula is C25H29F2N5O3S. The summed E-state index contributed by atoms with van der Waals surface area (Å²) >= 11 is 0. The highest BCUT2D eigenvalue weighted by atomic mass is 32.2. The molecule has 1 unspecified atom stereocenters. The van der Waals surface area contributed by atoms with Crippen LogP contribution in [0.25, 0.3) is 34.3 Å². The third-order valence-corrected chi connectivity index (χ3v) is 6.85. The standard InChI is InChI=1S/C25H25F2N5O2S.H2O.H2/c1-15(2)35(33)19-7-5-18(6-8-19)22-14-29-16(3)23(30-22)25-32-31-24(34-25)20-9-4-17(12-21(20)27)13-28-11-10-26;;/h4-9,12,14-15,28H,10-11,13H2,1-3H3;1H2;1H. The topological polar surface area (TPSA) is 125 Å². The van der Waals surface area contributed by atoms with Gasteiger partial charge in [-0.1, -0.05) is 32.0 Å². The second kappa shape index (κ2) is 12.0. The second-order valence-corrected chi connectivity index (χ2v) is 10.2. The number of benzene rings is 2. The van der Waals surface area contributed by atoms with E-state index in [2.05, 4.69) is 25.5 Å². The van der Waals surface area contributed by atoms with Crippen LogP contribution in [0.5, 0.6) is 0 Å². The van der Waals surface area contributed by atoms with Crippen LogP contribution in [0.1, 0.15) is 26.5 Å². The molecule has 0 spiro atoms. The molecule has 2 aromatic heterocycles. The normalized spacial score (nSPS) is 11.9. The lowest BCUT2D eigenvalue weighted by atomic mass is 10.1. The quantitative estimate of drug-likeness (QED) is 0.328. The van der Waals surface area contributed by atoms with Crippen molar-refractivity contribution in [2.75, 3.05) is 13.2 Å². The molecule has 1 atom stereocenters. The van der Waals surface area contributed by atoms with Crippen molar-refractivity contribution < 1.29 is 24.3 Å². The summed E-state index contributed by atoms with van der Waals surface area (Å²) in [7, 11) is -1.08. The van der Waals surface area contributed by atoms with Crippen molar-refractivity contribution in [2.45, 2.75) is 37.5 Å². The van der Waals surface area contributed by atoms with E-state index < -0.39 is 23.3 Å². The van der Waals surface area contributed by atoms with E-state index >= 15 is 0 Å². The van der Waals surface area contributed by atoms with Gasteiger partial charge in [0.05, 0.1) is 33.9 Å². The molecule has 2 aromatic carbocycles. The summed E-state index contributed by atoms with van der Waals surface area (Å²) < 4.78 is 45.0. The van der Waals surface area contributed by atoms with Crippen LogP contribution in [-0.4, -0.2) is 48.3 Å². The molecule has 8 nitrogen and oxygen atoms in total. The highest BCUT2D eigenvalue weighted by molar-refractivity contribution is 7.85. The largest absolute Gasteiger partial charge is 0.414 e. The monoisotopic (exact) mass is 517 g/mol. The van der Waals surface area contributed by atoms with Crippen molar-refractivity contribution in [2.24, 2.45) is 0 Å². The van der Waals surface area contributed by atoms with Gasteiger partial charge in [0, 0.05) is 30.2 Å².